The largest absolute Gasteiger partial charge is 0.416 e. The van der Waals surface area contributed by atoms with Crippen LogP contribution in [0.25, 0.3) is 21.7 Å². The number of alkyl halides is 3. The summed E-state index contributed by atoms with van der Waals surface area (Å²) < 4.78 is 41.8. The molecule has 0 atom stereocenters. The monoisotopic (exact) mass is 304 g/mol. The summed E-state index contributed by atoms with van der Waals surface area (Å²) in [5, 5.41) is 0. The number of hydrogen-bond donors (Lipinski definition) is 0. The van der Waals surface area contributed by atoms with Crippen LogP contribution in [-0.2, 0) is 6.18 Å². The molecule has 21 heavy (non-hydrogen) atoms. The van der Waals surface area contributed by atoms with Gasteiger partial charge in [0.25, 0.3) is 0 Å². The second kappa shape index (κ2) is 5.33. The highest BCUT2D eigenvalue weighted by Crippen LogP contribution is 2.32. The second-order valence-electron chi connectivity index (χ2n) is 4.43. The van der Waals surface area contributed by atoms with E-state index in [1.165, 1.54) is 23.7 Å². The van der Waals surface area contributed by atoms with Gasteiger partial charge in [-0.3, -0.25) is 0 Å². The van der Waals surface area contributed by atoms with Gasteiger partial charge in [-0.1, -0.05) is 42.5 Å². The van der Waals surface area contributed by atoms with Crippen molar-refractivity contribution in [3.8, 4) is 21.7 Å². The van der Waals surface area contributed by atoms with E-state index in [-0.39, 0.29) is 0 Å². The van der Waals surface area contributed by atoms with Gasteiger partial charge in [0.1, 0.15) is 0 Å². The Balaban J connectivity index is 1.90. The fourth-order valence-corrected chi connectivity index (χ4v) is 2.62. The van der Waals surface area contributed by atoms with E-state index >= 15 is 0 Å². The molecule has 1 nitrogen and oxygen atoms in total. The summed E-state index contributed by atoms with van der Waals surface area (Å²) in [4.78, 5) is 0.866. The third kappa shape index (κ3) is 2.97. The smallest absolute Gasteiger partial charge is 0.191 e. The number of hydrogen-bond acceptors (Lipinski definition) is 2. The summed E-state index contributed by atoms with van der Waals surface area (Å²) in [6.45, 7) is 0. The van der Waals surface area contributed by atoms with E-state index in [0.29, 0.717) is 11.3 Å². The predicted molar refractivity (Wildman–Crippen MR) is 76.8 cm³/mol. The maximum Gasteiger partial charge on any atom is 0.416 e. The number of halogens is 3. The maximum absolute atomic E-state index is 12.5. The van der Waals surface area contributed by atoms with Gasteiger partial charge in [0.15, 0.2) is 0 Å². The summed E-state index contributed by atoms with van der Waals surface area (Å²) in [6.07, 6.45) is -4.32. The van der Waals surface area contributed by atoms with Crippen molar-refractivity contribution in [1.29, 1.82) is 0 Å². The predicted octanol–water partition coefficient (Wildman–Crippen LogP) is 5.30. The molecule has 105 valence electrons. The van der Waals surface area contributed by atoms with Gasteiger partial charge in [0, 0.05) is 11.6 Å². The van der Waals surface area contributed by atoms with Crippen molar-refractivity contribution in [3.63, 3.8) is 0 Å². The molecule has 0 aliphatic carbocycles. The van der Waals surface area contributed by atoms with Crippen LogP contribution < -0.4 is 0 Å². The normalized spacial score (nSPS) is 11.6. The van der Waals surface area contributed by atoms with E-state index in [9.17, 15) is 13.2 Å². The lowest BCUT2D eigenvalue weighted by atomic mass is 10.1. The van der Waals surface area contributed by atoms with Gasteiger partial charge >= 0.3 is 6.18 Å². The quantitative estimate of drug-likeness (QED) is 0.626. The summed E-state index contributed by atoms with van der Waals surface area (Å²) >= 11 is 1.28. The molecule has 0 spiro atoms. The molecule has 0 unspecified atom stereocenters. The molecule has 0 saturated carbocycles. The van der Waals surface area contributed by atoms with Gasteiger partial charge in [-0.2, -0.15) is 17.5 Å². The van der Waals surface area contributed by atoms with E-state index < -0.39 is 11.7 Å². The van der Waals surface area contributed by atoms with Crippen LogP contribution in [0.5, 0.6) is 0 Å². The molecule has 0 N–H and O–H groups in total. The molecule has 1 heterocycles. The van der Waals surface area contributed by atoms with Crippen LogP contribution in [-0.4, -0.2) is 4.37 Å². The minimum Gasteiger partial charge on any atom is -0.191 e. The maximum atomic E-state index is 12.5. The van der Waals surface area contributed by atoms with Crippen molar-refractivity contribution >= 4 is 11.5 Å². The Morgan fingerprint density at radius 2 is 1.52 bits per heavy atom. The molecule has 2 aromatic carbocycles. The average Bonchev–Trinajstić information content (AvgIpc) is 2.97. The molecule has 5 heteroatoms. The summed E-state index contributed by atoms with van der Waals surface area (Å²) in [5.41, 5.74) is 1.52. The Morgan fingerprint density at radius 1 is 0.857 bits per heavy atom. The van der Waals surface area contributed by atoms with Crippen LogP contribution in [0.3, 0.4) is 0 Å². The lowest BCUT2D eigenvalue weighted by molar-refractivity contribution is -0.137. The molecule has 0 amide bonds. The van der Waals surface area contributed by atoms with E-state index in [2.05, 4.69) is 10.4 Å². The molecule has 1 radical (unpaired) electrons. The van der Waals surface area contributed by atoms with Crippen LogP contribution in [0.2, 0.25) is 0 Å². The highest BCUT2D eigenvalue weighted by Gasteiger charge is 2.30. The fourth-order valence-electron chi connectivity index (χ4n) is 1.90. The van der Waals surface area contributed by atoms with Gasteiger partial charge < -0.3 is 0 Å². The van der Waals surface area contributed by atoms with E-state index in [4.69, 9.17) is 0 Å². The van der Waals surface area contributed by atoms with Gasteiger partial charge in [-0.05, 0) is 29.2 Å². The highest BCUT2D eigenvalue weighted by molar-refractivity contribution is 7.09. The minimum absolute atomic E-state index is 0.563. The Morgan fingerprint density at radius 3 is 2.14 bits per heavy atom. The van der Waals surface area contributed by atoms with Crippen molar-refractivity contribution in [2.75, 3.05) is 0 Å². The summed E-state index contributed by atoms with van der Waals surface area (Å²) in [6, 6.07) is 17.7. The molecule has 0 aliphatic rings. The van der Waals surface area contributed by atoms with Gasteiger partial charge in [-0.25, -0.2) is 0 Å². The molecular formula is C16H9F3NS. The van der Waals surface area contributed by atoms with Crippen molar-refractivity contribution in [2.24, 2.45) is 0 Å². The van der Waals surface area contributed by atoms with Gasteiger partial charge in [0.05, 0.1) is 16.1 Å². The molecule has 1 aromatic heterocycles. The lowest BCUT2D eigenvalue weighted by Crippen LogP contribution is -2.03. The standard InChI is InChI=1S/C16H9F3NS/c17-16(18,19)13-8-6-11(7-9-13)14-10-15(21-20-14)12-4-2-1-3-5-12/h1-9H. The Kier molecular flexibility index (Phi) is 3.51. The molecule has 0 fully saturated rings. The molecule has 3 aromatic rings. The molecular weight excluding hydrogens is 295 g/mol. The van der Waals surface area contributed by atoms with E-state index in [0.717, 1.165) is 22.6 Å². The summed E-state index contributed by atoms with van der Waals surface area (Å²) in [7, 11) is 0. The minimum atomic E-state index is -4.32. The topological polar surface area (TPSA) is 12.9 Å². The highest BCUT2D eigenvalue weighted by atomic mass is 32.1. The zero-order valence-electron chi connectivity index (χ0n) is 10.7. The van der Waals surface area contributed by atoms with Crippen LogP contribution >= 0.6 is 11.5 Å². The Hall–Kier alpha value is -2.14. The van der Waals surface area contributed by atoms with E-state index in [1.54, 1.807) is 0 Å². The second-order valence-corrected chi connectivity index (χ2v) is 5.20. The first-order chi connectivity index (χ1) is 10.0. The van der Waals surface area contributed by atoms with Gasteiger partial charge in [-0.15, -0.1) is 0 Å². The average molecular weight is 304 g/mol. The molecule has 0 bridgehead atoms. The number of rotatable bonds is 2. The van der Waals surface area contributed by atoms with Gasteiger partial charge in [0.2, 0.25) is 0 Å². The first-order valence-electron chi connectivity index (χ1n) is 6.16. The van der Waals surface area contributed by atoms with Crippen molar-refractivity contribution in [3.05, 3.63) is 66.2 Å². The zero-order valence-corrected chi connectivity index (χ0v) is 11.5. The number of benzene rings is 2. The van der Waals surface area contributed by atoms with Crippen LogP contribution in [0.4, 0.5) is 13.2 Å². The van der Waals surface area contributed by atoms with Crippen LogP contribution in [0.1, 0.15) is 5.56 Å². The fraction of sp³-hybridized carbons (Fsp3) is 0.0625. The van der Waals surface area contributed by atoms with E-state index in [1.807, 2.05) is 30.3 Å². The first-order valence-corrected chi connectivity index (χ1v) is 6.93. The van der Waals surface area contributed by atoms with Crippen LogP contribution in [0, 0.1) is 6.07 Å². The SMILES string of the molecule is FC(F)(F)c1ccc(-c2[c]c(-c3ccccc3)sn2)cc1. The molecule has 0 aliphatic heterocycles. The van der Waals surface area contributed by atoms with Crippen molar-refractivity contribution in [1.82, 2.24) is 4.37 Å². The number of aromatic nitrogens is 1. The zero-order chi connectivity index (χ0) is 14.9. The third-order valence-electron chi connectivity index (χ3n) is 2.98. The Labute approximate surface area is 123 Å². The first kappa shape index (κ1) is 13.8. The summed E-state index contributed by atoms with van der Waals surface area (Å²) in [5.74, 6) is 0. The third-order valence-corrected chi connectivity index (χ3v) is 3.78. The molecule has 0 saturated heterocycles. The molecule has 3 rings (SSSR count). The van der Waals surface area contributed by atoms with Crippen molar-refractivity contribution in [2.45, 2.75) is 6.18 Å². The number of nitrogens with zero attached hydrogens (tertiary/aromatic N) is 1. The lowest BCUT2D eigenvalue weighted by Gasteiger charge is -2.06. The van der Waals surface area contributed by atoms with Crippen molar-refractivity contribution < 1.29 is 13.2 Å². The van der Waals surface area contributed by atoms with Crippen LogP contribution in [0.15, 0.2) is 54.6 Å². The Bertz CT molecular complexity index is 730.